The van der Waals surface area contributed by atoms with Crippen LogP contribution < -0.4 is 14.5 Å². The maximum atomic E-state index is 13.0. The summed E-state index contributed by atoms with van der Waals surface area (Å²) in [6.07, 6.45) is -2.59. The number of anilines is 3. The average Bonchev–Trinajstić information content (AvgIpc) is 3.10. The molecule has 1 aliphatic rings. The molecule has 11 heteroatoms. The lowest BCUT2D eigenvalue weighted by atomic mass is 10.1. The second-order valence-corrected chi connectivity index (χ2v) is 9.42. The number of alkyl halides is 3. The topological polar surface area (TPSA) is 86.8 Å². The number of rotatable bonds is 6. The van der Waals surface area contributed by atoms with Crippen LogP contribution in [0.25, 0.3) is 0 Å². The van der Waals surface area contributed by atoms with Crippen LogP contribution in [-0.2, 0) is 25.8 Å². The molecule has 1 heterocycles. The van der Waals surface area contributed by atoms with Crippen molar-refractivity contribution in [2.24, 2.45) is 0 Å². The van der Waals surface area contributed by atoms with Crippen LogP contribution >= 0.6 is 0 Å². The standard InChI is InChI=1S/C21H22F3N3O4S/c1-14-11-16(8-9-18(14)26-10-4-7-20(26)29)25-19(28)13-27(32(2,30)31)17-6-3-5-15(12-17)21(22,23)24/h3,5-6,8-9,11-12H,4,7,10,13H2,1-2H3,(H,25,28). The van der Waals surface area contributed by atoms with E-state index in [9.17, 15) is 31.2 Å². The van der Waals surface area contributed by atoms with E-state index >= 15 is 0 Å². The van der Waals surface area contributed by atoms with Crippen molar-refractivity contribution in [1.29, 1.82) is 0 Å². The third kappa shape index (κ3) is 5.39. The minimum Gasteiger partial charge on any atom is -0.325 e. The normalized spacial score (nSPS) is 14.5. The molecule has 1 N–H and O–H groups in total. The molecule has 2 amide bonds. The molecule has 0 bridgehead atoms. The monoisotopic (exact) mass is 469 g/mol. The molecule has 0 saturated carbocycles. The molecule has 1 fully saturated rings. The van der Waals surface area contributed by atoms with Crippen molar-refractivity contribution in [3.63, 3.8) is 0 Å². The molecule has 0 aliphatic carbocycles. The second kappa shape index (κ2) is 8.81. The maximum absolute atomic E-state index is 13.0. The van der Waals surface area contributed by atoms with Gasteiger partial charge in [0.25, 0.3) is 0 Å². The highest BCUT2D eigenvalue weighted by Crippen LogP contribution is 2.32. The Balaban J connectivity index is 1.78. The van der Waals surface area contributed by atoms with E-state index in [1.165, 1.54) is 6.07 Å². The van der Waals surface area contributed by atoms with Crippen LogP contribution in [0, 0.1) is 6.92 Å². The number of amides is 2. The number of hydrogen-bond donors (Lipinski definition) is 1. The number of aryl methyl sites for hydroxylation is 1. The number of sulfonamides is 1. The summed E-state index contributed by atoms with van der Waals surface area (Å²) in [5, 5.41) is 2.56. The van der Waals surface area contributed by atoms with E-state index in [0.29, 0.717) is 29.0 Å². The smallest absolute Gasteiger partial charge is 0.325 e. The van der Waals surface area contributed by atoms with Gasteiger partial charge in [0.15, 0.2) is 0 Å². The Kier molecular flexibility index (Phi) is 6.49. The fourth-order valence-corrected chi connectivity index (χ4v) is 4.36. The van der Waals surface area contributed by atoms with Crippen molar-refractivity contribution in [2.45, 2.75) is 25.9 Å². The predicted molar refractivity (Wildman–Crippen MR) is 115 cm³/mol. The highest BCUT2D eigenvalue weighted by atomic mass is 32.2. The lowest BCUT2D eigenvalue weighted by Crippen LogP contribution is -2.37. The van der Waals surface area contributed by atoms with Gasteiger partial charge in [-0.3, -0.25) is 13.9 Å². The molecular formula is C21H22F3N3O4S. The van der Waals surface area contributed by atoms with Gasteiger partial charge in [0.2, 0.25) is 21.8 Å². The van der Waals surface area contributed by atoms with Gasteiger partial charge in [-0.25, -0.2) is 8.42 Å². The summed E-state index contributed by atoms with van der Waals surface area (Å²) < 4.78 is 64.0. The van der Waals surface area contributed by atoms with Crippen LogP contribution in [0.4, 0.5) is 30.2 Å². The zero-order valence-corrected chi connectivity index (χ0v) is 18.3. The Morgan fingerprint density at radius 3 is 2.47 bits per heavy atom. The molecule has 0 aromatic heterocycles. The van der Waals surface area contributed by atoms with Gasteiger partial charge in [-0.1, -0.05) is 6.07 Å². The van der Waals surface area contributed by atoms with E-state index in [0.717, 1.165) is 36.1 Å². The first-order chi connectivity index (χ1) is 14.9. The summed E-state index contributed by atoms with van der Waals surface area (Å²) in [4.78, 5) is 26.1. The number of carbonyl (C=O) groups is 2. The highest BCUT2D eigenvalue weighted by molar-refractivity contribution is 7.92. The Morgan fingerprint density at radius 1 is 1.19 bits per heavy atom. The molecule has 7 nitrogen and oxygen atoms in total. The SMILES string of the molecule is Cc1cc(NC(=O)CN(c2cccc(C(F)(F)F)c2)S(C)(=O)=O)ccc1N1CCCC1=O. The van der Waals surface area contributed by atoms with Crippen LogP contribution in [0.1, 0.15) is 24.0 Å². The summed E-state index contributed by atoms with van der Waals surface area (Å²) in [5.74, 6) is -0.702. The zero-order valence-electron chi connectivity index (χ0n) is 17.4. The van der Waals surface area contributed by atoms with Crippen molar-refractivity contribution in [2.75, 3.05) is 33.9 Å². The maximum Gasteiger partial charge on any atom is 0.416 e. The molecule has 0 unspecified atom stereocenters. The van der Waals surface area contributed by atoms with Crippen molar-refractivity contribution in [1.82, 2.24) is 0 Å². The molecule has 172 valence electrons. The van der Waals surface area contributed by atoms with E-state index in [4.69, 9.17) is 0 Å². The molecule has 1 aliphatic heterocycles. The third-order valence-corrected chi connectivity index (χ3v) is 6.13. The van der Waals surface area contributed by atoms with Gasteiger partial charge in [0.1, 0.15) is 6.54 Å². The Morgan fingerprint density at radius 2 is 1.91 bits per heavy atom. The lowest BCUT2D eigenvalue weighted by Gasteiger charge is -2.23. The summed E-state index contributed by atoms with van der Waals surface area (Å²) in [6.45, 7) is 1.69. The molecule has 2 aromatic rings. The summed E-state index contributed by atoms with van der Waals surface area (Å²) in [6, 6.07) is 8.69. The molecule has 1 saturated heterocycles. The van der Waals surface area contributed by atoms with E-state index in [2.05, 4.69) is 5.32 Å². The first-order valence-electron chi connectivity index (χ1n) is 9.72. The van der Waals surface area contributed by atoms with Gasteiger partial charge < -0.3 is 10.2 Å². The lowest BCUT2D eigenvalue weighted by molar-refractivity contribution is -0.137. The van der Waals surface area contributed by atoms with Crippen LogP contribution in [0.3, 0.4) is 0 Å². The van der Waals surface area contributed by atoms with Crippen molar-refractivity contribution >= 4 is 38.9 Å². The fraction of sp³-hybridized carbons (Fsp3) is 0.333. The summed E-state index contributed by atoms with van der Waals surface area (Å²) in [5.41, 5.74) is 0.562. The third-order valence-electron chi connectivity index (χ3n) is 4.99. The number of benzene rings is 2. The predicted octanol–water partition coefficient (Wildman–Crippen LogP) is 3.55. The first kappa shape index (κ1) is 23.6. The number of nitrogens with one attached hydrogen (secondary N) is 1. The molecule has 0 spiro atoms. The number of nitrogens with zero attached hydrogens (tertiary/aromatic N) is 2. The van der Waals surface area contributed by atoms with Gasteiger partial charge >= 0.3 is 6.18 Å². The van der Waals surface area contributed by atoms with Crippen LogP contribution in [-0.4, -0.2) is 39.6 Å². The van der Waals surface area contributed by atoms with Crippen molar-refractivity contribution < 1.29 is 31.2 Å². The van der Waals surface area contributed by atoms with Crippen LogP contribution in [0.15, 0.2) is 42.5 Å². The molecule has 0 atom stereocenters. The molecule has 0 radical (unpaired) electrons. The van der Waals surface area contributed by atoms with Crippen LogP contribution in [0.2, 0.25) is 0 Å². The minimum absolute atomic E-state index is 0.0229. The Labute approximate surface area is 183 Å². The van der Waals surface area contributed by atoms with Crippen molar-refractivity contribution in [3.8, 4) is 0 Å². The van der Waals surface area contributed by atoms with Crippen LogP contribution in [0.5, 0.6) is 0 Å². The number of halogens is 3. The second-order valence-electron chi connectivity index (χ2n) is 7.52. The minimum atomic E-state index is -4.66. The van der Waals surface area contributed by atoms with Gasteiger partial charge in [-0.2, -0.15) is 13.2 Å². The van der Waals surface area contributed by atoms with E-state index in [1.54, 1.807) is 30.0 Å². The number of hydrogen-bond acceptors (Lipinski definition) is 4. The van der Waals surface area contributed by atoms with Gasteiger partial charge in [0, 0.05) is 24.3 Å². The quantitative estimate of drug-likeness (QED) is 0.701. The zero-order chi connectivity index (χ0) is 23.7. The van der Waals surface area contributed by atoms with Gasteiger partial charge in [-0.05, 0) is 55.3 Å². The Bertz CT molecular complexity index is 1150. The summed E-state index contributed by atoms with van der Waals surface area (Å²) in [7, 11) is -4.04. The van der Waals surface area contributed by atoms with E-state index in [-0.39, 0.29) is 11.6 Å². The van der Waals surface area contributed by atoms with E-state index < -0.39 is 34.2 Å². The Hall–Kier alpha value is -3.08. The first-order valence-corrected chi connectivity index (χ1v) is 11.6. The van der Waals surface area contributed by atoms with Gasteiger partial charge in [-0.15, -0.1) is 0 Å². The highest BCUT2D eigenvalue weighted by Gasteiger charge is 2.32. The molecule has 3 rings (SSSR count). The summed E-state index contributed by atoms with van der Waals surface area (Å²) >= 11 is 0. The average molecular weight is 469 g/mol. The largest absolute Gasteiger partial charge is 0.416 e. The van der Waals surface area contributed by atoms with Crippen molar-refractivity contribution in [3.05, 3.63) is 53.6 Å². The number of carbonyl (C=O) groups excluding carboxylic acids is 2. The molecule has 2 aromatic carbocycles. The molecule has 32 heavy (non-hydrogen) atoms. The fourth-order valence-electron chi connectivity index (χ4n) is 3.51. The van der Waals surface area contributed by atoms with Gasteiger partial charge in [0.05, 0.1) is 17.5 Å². The molecular weight excluding hydrogens is 447 g/mol. The van der Waals surface area contributed by atoms with E-state index in [1.807, 2.05) is 0 Å².